The van der Waals surface area contributed by atoms with Crippen molar-refractivity contribution in [1.82, 2.24) is 14.5 Å². The van der Waals surface area contributed by atoms with Crippen LogP contribution in [0.1, 0.15) is 45.7 Å². The van der Waals surface area contributed by atoms with Gasteiger partial charge < -0.3 is 4.57 Å². The lowest BCUT2D eigenvalue weighted by Crippen LogP contribution is -2.02. The summed E-state index contributed by atoms with van der Waals surface area (Å²) in [5, 5.41) is 1.16. The minimum absolute atomic E-state index is 0.501. The Morgan fingerprint density at radius 3 is 2.69 bits per heavy atom. The van der Waals surface area contributed by atoms with Gasteiger partial charge in [0.2, 0.25) is 0 Å². The van der Waals surface area contributed by atoms with Crippen LogP contribution < -0.4 is 0 Å². The van der Waals surface area contributed by atoms with E-state index in [-0.39, 0.29) is 0 Å². The van der Waals surface area contributed by atoms with Gasteiger partial charge in [-0.25, -0.2) is 9.97 Å². The van der Waals surface area contributed by atoms with Gasteiger partial charge in [-0.2, -0.15) is 0 Å². The Balaban J connectivity index is 0.000000606. The van der Waals surface area contributed by atoms with E-state index >= 15 is 0 Å². The molecule has 0 saturated heterocycles. The highest BCUT2D eigenvalue weighted by molar-refractivity contribution is 5.79. The fourth-order valence-electron chi connectivity index (χ4n) is 1.68. The first-order chi connectivity index (χ1) is 7.74. The summed E-state index contributed by atoms with van der Waals surface area (Å²) in [6, 6.07) is 0.501. The smallest absolute Gasteiger partial charge is 0.143 e. The Bertz CT molecular complexity index is 445. The highest BCUT2D eigenvalue weighted by atomic mass is 15.1. The van der Waals surface area contributed by atoms with Gasteiger partial charge in [-0.15, -0.1) is 0 Å². The molecular formula is C13H21N3. The van der Waals surface area contributed by atoms with Crippen molar-refractivity contribution >= 4 is 11.0 Å². The van der Waals surface area contributed by atoms with Crippen LogP contribution in [0.15, 0.2) is 18.7 Å². The molecule has 88 valence electrons. The molecule has 0 aliphatic carbocycles. The highest BCUT2D eigenvalue weighted by Gasteiger charge is 2.09. The van der Waals surface area contributed by atoms with Crippen LogP contribution in [0.5, 0.6) is 0 Å². The van der Waals surface area contributed by atoms with Crippen LogP contribution in [0.3, 0.4) is 0 Å². The van der Waals surface area contributed by atoms with Crippen molar-refractivity contribution in [3.8, 4) is 0 Å². The van der Waals surface area contributed by atoms with E-state index in [2.05, 4.69) is 41.5 Å². The molecule has 0 amide bonds. The van der Waals surface area contributed by atoms with Crippen molar-refractivity contribution in [2.75, 3.05) is 0 Å². The van der Waals surface area contributed by atoms with E-state index in [0.717, 1.165) is 17.5 Å². The molecule has 0 N–H and O–H groups in total. The summed E-state index contributed by atoms with van der Waals surface area (Å²) in [4.78, 5) is 8.37. The van der Waals surface area contributed by atoms with Crippen LogP contribution in [-0.2, 0) is 0 Å². The maximum absolute atomic E-state index is 4.32. The molecule has 0 bridgehead atoms. The predicted molar refractivity (Wildman–Crippen MR) is 68.6 cm³/mol. The molecule has 1 atom stereocenters. The molecule has 1 unspecified atom stereocenters. The van der Waals surface area contributed by atoms with Crippen LogP contribution >= 0.6 is 0 Å². The quantitative estimate of drug-likeness (QED) is 0.770. The third kappa shape index (κ3) is 2.23. The molecule has 3 nitrogen and oxygen atoms in total. The third-order valence-electron chi connectivity index (χ3n) is 2.76. The molecule has 0 aromatic carbocycles. The molecule has 3 heteroatoms. The summed E-state index contributed by atoms with van der Waals surface area (Å²) in [7, 11) is 0. The second-order valence-corrected chi connectivity index (χ2v) is 3.74. The summed E-state index contributed by atoms with van der Waals surface area (Å²) >= 11 is 0. The topological polar surface area (TPSA) is 30.7 Å². The predicted octanol–water partition coefficient (Wildman–Crippen LogP) is 3.74. The van der Waals surface area contributed by atoms with Crippen molar-refractivity contribution in [1.29, 1.82) is 0 Å². The van der Waals surface area contributed by atoms with Crippen LogP contribution in [0, 0.1) is 6.92 Å². The van der Waals surface area contributed by atoms with E-state index in [1.807, 2.05) is 20.0 Å². The monoisotopic (exact) mass is 219 g/mol. The van der Waals surface area contributed by atoms with Crippen LogP contribution in [0.2, 0.25) is 0 Å². The van der Waals surface area contributed by atoms with E-state index in [0.29, 0.717) is 6.04 Å². The zero-order chi connectivity index (χ0) is 12.1. The van der Waals surface area contributed by atoms with E-state index in [1.165, 1.54) is 5.56 Å². The molecule has 2 rings (SSSR count). The van der Waals surface area contributed by atoms with Crippen molar-refractivity contribution in [3.05, 3.63) is 24.3 Å². The first-order valence-corrected chi connectivity index (χ1v) is 6.01. The standard InChI is InChI=1S/C11H15N3.C2H6/c1-4-9(3)14-6-8(2)10-5-12-7-13-11(10)14;1-2/h5-7,9H,4H2,1-3H3;1-2H3. The zero-order valence-electron chi connectivity index (χ0n) is 10.9. The Hall–Kier alpha value is -1.38. The number of aryl methyl sites for hydroxylation is 1. The number of nitrogens with zero attached hydrogens (tertiary/aromatic N) is 3. The molecule has 0 radical (unpaired) electrons. The SMILES string of the molecule is CC.CCC(C)n1cc(C)c2cncnc21. The third-order valence-corrected chi connectivity index (χ3v) is 2.76. The lowest BCUT2D eigenvalue weighted by atomic mass is 10.2. The fourth-order valence-corrected chi connectivity index (χ4v) is 1.68. The van der Waals surface area contributed by atoms with Crippen LogP contribution in [0.4, 0.5) is 0 Å². The van der Waals surface area contributed by atoms with Gasteiger partial charge in [0.05, 0.1) is 0 Å². The van der Waals surface area contributed by atoms with E-state index < -0.39 is 0 Å². The lowest BCUT2D eigenvalue weighted by Gasteiger charge is -2.11. The largest absolute Gasteiger partial charge is 0.329 e. The average Bonchev–Trinajstić information content (AvgIpc) is 2.69. The summed E-state index contributed by atoms with van der Waals surface area (Å²) in [6.45, 7) is 10.5. The molecule has 0 saturated carbocycles. The van der Waals surface area contributed by atoms with Gasteiger partial charge in [-0.3, -0.25) is 0 Å². The van der Waals surface area contributed by atoms with Crippen molar-refractivity contribution in [2.24, 2.45) is 0 Å². The minimum Gasteiger partial charge on any atom is -0.329 e. The Labute approximate surface area is 97.5 Å². The number of aromatic nitrogens is 3. The molecule has 2 heterocycles. The number of fused-ring (bicyclic) bond motifs is 1. The summed E-state index contributed by atoms with van der Waals surface area (Å²) in [6.07, 6.45) is 6.78. The van der Waals surface area contributed by atoms with Crippen molar-refractivity contribution in [3.63, 3.8) is 0 Å². The molecule has 2 aromatic heterocycles. The summed E-state index contributed by atoms with van der Waals surface area (Å²) in [5.74, 6) is 0. The van der Waals surface area contributed by atoms with Gasteiger partial charge in [-0.1, -0.05) is 20.8 Å². The maximum atomic E-state index is 4.32. The van der Waals surface area contributed by atoms with Crippen molar-refractivity contribution < 1.29 is 0 Å². The summed E-state index contributed by atoms with van der Waals surface area (Å²) < 4.78 is 2.23. The van der Waals surface area contributed by atoms with Gasteiger partial charge in [0, 0.05) is 23.8 Å². The van der Waals surface area contributed by atoms with Gasteiger partial charge in [-0.05, 0) is 25.8 Å². The van der Waals surface area contributed by atoms with Crippen LogP contribution in [-0.4, -0.2) is 14.5 Å². The molecule has 0 spiro atoms. The molecule has 0 aliphatic rings. The van der Waals surface area contributed by atoms with Crippen molar-refractivity contribution in [2.45, 2.75) is 47.1 Å². The number of hydrogen-bond acceptors (Lipinski definition) is 2. The molecule has 16 heavy (non-hydrogen) atoms. The minimum atomic E-state index is 0.501. The van der Waals surface area contributed by atoms with Gasteiger partial charge in [0.1, 0.15) is 12.0 Å². The van der Waals surface area contributed by atoms with E-state index in [4.69, 9.17) is 0 Å². The van der Waals surface area contributed by atoms with Crippen LogP contribution in [0.25, 0.3) is 11.0 Å². The van der Waals surface area contributed by atoms with E-state index in [9.17, 15) is 0 Å². The Kier molecular flexibility index (Phi) is 4.47. The number of rotatable bonds is 2. The first kappa shape index (κ1) is 12.7. The maximum Gasteiger partial charge on any atom is 0.143 e. The lowest BCUT2D eigenvalue weighted by molar-refractivity contribution is 0.544. The normalized spacial score (nSPS) is 12.1. The second-order valence-electron chi connectivity index (χ2n) is 3.74. The first-order valence-electron chi connectivity index (χ1n) is 6.01. The zero-order valence-corrected chi connectivity index (χ0v) is 10.9. The molecule has 0 aliphatic heterocycles. The molecule has 0 fully saturated rings. The molecule has 2 aromatic rings. The van der Waals surface area contributed by atoms with Gasteiger partial charge in [0.15, 0.2) is 0 Å². The second kappa shape index (κ2) is 5.64. The average molecular weight is 219 g/mol. The fraction of sp³-hybridized carbons (Fsp3) is 0.538. The highest BCUT2D eigenvalue weighted by Crippen LogP contribution is 2.22. The Morgan fingerprint density at radius 1 is 1.38 bits per heavy atom. The van der Waals surface area contributed by atoms with Gasteiger partial charge >= 0.3 is 0 Å². The van der Waals surface area contributed by atoms with E-state index in [1.54, 1.807) is 6.33 Å². The summed E-state index contributed by atoms with van der Waals surface area (Å²) in [5.41, 5.74) is 2.30. The Morgan fingerprint density at radius 2 is 2.06 bits per heavy atom. The number of hydrogen-bond donors (Lipinski definition) is 0. The molecular weight excluding hydrogens is 198 g/mol. The van der Waals surface area contributed by atoms with Gasteiger partial charge in [0.25, 0.3) is 0 Å².